The molecule has 0 spiro atoms. The Labute approximate surface area is 149 Å². The van der Waals surface area contributed by atoms with Gasteiger partial charge in [0, 0.05) is 37.3 Å². The van der Waals surface area contributed by atoms with Crippen LogP contribution in [0.2, 0.25) is 5.02 Å². The Morgan fingerprint density at radius 2 is 2.00 bits per heavy atom. The van der Waals surface area contributed by atoms with E-state index in [9.17, 15) is 22.9 Å². The highest BCUT2D eigenvalue weighted by molar-refractivity contribution is 7.89. The Bertz CT molecular complexity index is 901. The van der Waals surface area contributed by atoms with Crippen LogP contribution in [0.4, 0.5) is 15.8 Å². The topological polar surface area (TPSA) is 92.6 Å². The van der Waals surface area contributed by atoms with Crippen molar-refractivity contribution in [2.75, 3.05) is 19.4 Å². The van der Waals surface area contributed by atoms with E-state index in [4.69, 9.17) is 11.6 Å². The van der Waals surface area contributed by atoms with Gasteiger partial charge in [-0.1, -0.05) is 17.7 Å². The summed E-state index contributed by atoms with van der Waals surface area (Å²) < 4.78 is 40.1. The summed E-state index contributed by atoms with van der Waals surface area (Å²) in [5.41, 5.74) is -0.166. The molecule has 0 aliphatic rings. The first-order valence-corrected chi connectivity index (χ1v) is 8.85. The lowest BCUT2D eigenvalue weighted by molar-refractivity contribution is -0.384. The third kappa shape index (κ3) is 3.89. The minimum atomic E-state index is -4.08. The summed E-state index contributed by atoms with van der Waals surface area (Å²) >= 11 is 5.92. The molecule has 0 unspecified atom stereocenters. The quantitative estimate of drug-likeness (QED) is 0.606. The summed E-state index contributed by atoms with van der Waals surface area (Å²) in [5, 5.41) is 13.8. The molecule has 2 aromatic carbocycles. The van der Waals surface area contributed by atoms with Gasteiger partial charge in [0.2, 0.25) is 10.0 Å². The average Bonchev–Trinajstić information content (AvgIpc) is 2.57. The van der Waals surface area contributed by atoms with E-state index in [0.717, 1.165) is 10.4 Å². The minimum absolute atomic E-state index is 0.0246. The molecule has 134 valence electrons. The highest BCUT2D eigenvalue weighted by atomic mass is 35.5. The predicted octanol–water partition coefficient (Wildman–Crippen LogP) is 3.25. The lowest BCUT2D eigenvalue weighted by Crippen LogP contribution is -2.27. The van der Waals surface area contributed by atoms with Gasteiger partial charge in [0.25, 0.3) is 5.69 Å². The van der Waals surface area contributed by atoms with E-state index in [-0.39, 0.29) is 33.4 Å². The highest BCUT2D eigenvalue weighted by Gasteiger charge is 2.26. The maximum absolute atomic E-state index is 13.9. The number of nitro benzene ring substituents is 1. The van der Waals surface area contributed by atoms with Crippen molar-refractivity contribution in [1.29, 1.82) is 0 Å². The summed E-state index contributed by atoms with van der Waals surface area (Å²) in [6.07, 6.45) is 0. The number of nitro groups is 1. The molecular weight excluding hydrogens is 373 g/mol. The monoisotopic (exact) mass is 387 g/mol. The molecule has 0 fully saturated rings. The summed E-state index contributed by atoms with van der Waals surface area (Å²) in [6, 6.07) is 7.54. The molecule has 0 saturated carbocycles. The molecule has 0 aliphatic carbocycles. The van der Waals surface area contributed by atoms with Crippen LogP contribution in [0.3, 0.4) is 0 Å². The van der Waals surface area contributed by atoms with Gasteiger partial charge in [-0.2, -0.15) is 4.31 Å². The largest absolute Gasteiger partial charge is 0.383 e. The van der Waals surface area contributed by atoms with Gasteiger partial charge in [0.05, 0.1) is 9.82 Å². The Hall–Kier alpha value is -2.23. The molecule has 0 atom stereocenters. The fourth-order valence-electron chi connectivity index (χ4n) is 2.21. The Balaban J connectivity index is 2.41. The number of sulfonamides is 1. The van der Waals surface area contributed by atoms with Crippen LogP contribution in [0.15, 0.2) is 41.3 Å². The molecule has 25 heavy (non-hydrogen) atoms. The van der Waals surface area contributed by atoms with Crippen LogP contribution in [-0.2, 0) is 16.6 Å². The molecule has 7 nitrogen and oxygen atoms in total. The molecule has 2 aromatic rings. The van der Waals surface area contributed by atoms with Crippen LogP contribution in [-0.4, -0.2) is 31.7 Å². The van der Waals surface area contributed by atoms with E-state index >= 15 is 0 Å². The SMILES string of the molecule is CNc1ccc(S(=O)(=O)N(C)Cc2c(F)cccc2Cl)cc1[N+](=O)[O-]. The fourth-order valence-corrected chi connectivity index (χ4v) is 3.59. The number of rotatable bonds is 6. The normalized spacial score (nSPS) is 11.6. The van der Waals surface area contributed by atoms with E-state index in [2.05, 4.69) is 5.32 Å². The van der Waals surface area contributed by atoms with Gasteiger partial charge in [0.1, 0.15) is 11.5 Å². The Morgan fingerprint density at radius 3 is 2.56 bits per heavy atom. The molecule has 0 saturated heterocycles. The number of hydrogen-bond donors (Lipinski definition) is 1. The first kappa shape index (κ1) is 19.1. The van der Waals surface area contributed by atoms with E-state index in [1.54, 1.807) is 0 Å². The van der Waals surface area contributed by atoms with Gasteiger partial charge in [0.15, 0.2) is 0 Å². The fraction of sp³-hybridized carbons (Fsp3) is 0.200. The van der Waals surface area contributed by atoms with Crippen LogP contribution in [0.25, 0.3) is 0 Å². The second-order valence-corrected chi connectivity index (χ2v) is 7.60. The van der Waals surface area contributed by atoms with Gasteiger partial charge < -0.3 is 5.32 Å². The van der Waals surface area contributed by atoms with E-state index in [0.29, 0.717) is 0 Å². The summed E-state index contributed by atoms with van der Waals surface area (Å²) in [5.74, 6) is -0.633. The van der Waals surface area contributed by atoms with Gasteiger partial charge >= 0.3 is 0 Å². The second-order valence-electron chi connectivity index (χ2n) is 5.15. The maximum Gasteiger partial charge on any atom is 0.293 e. The molecule has 0 aromatic heterocycles. The molecule has 0 bridgehead atoms. The number of halogens is 2. The van der Waals surface area contributed by atoms with Gasteiger partial charge in [-0.05, 0) is 24.3 Å². The Morgan fingerprint density at radius 1 is 1.32 bits per heavy atom. The van der Waals surface area contributed by atoms with Crippen LogP contribution < -0.4 is 5.32 Å². The van der Waals surface area contributed by atoms with Crippen molar-refractivity contribution >= 4 is 33.0 Å². The standard InChI is InChI=1S/C15H15ClFN3O4S/c1-18-14-7-6-10(8-15(14)20(21)22)25(23,24)19(2)9-11-12(16)4-3-5-13(11)17/h3-8,18H,9H2,1-2H3. The molecule has 0 amide bonds. The third-order valence-corrected chi connectivity index (χ3v) is 5.74. The summed E-state index contributed by atoms with van der Waals surface area (Å²) in [4.78, 5) is 10.1. The van der Waals surface area contributed by atoms with Crippen molar-refractivity contribution < 1.29 is 17.7 Å². The van der Waals surface area contributed by atoms with Crippen LogP contribution in [0.1, 0.15) is 5.56 Å². The minimum Gasteiger partial charge on any atom is -0.383 e. The number of benzene rings is 2. The van der Waals surface area contributed by atoms with Gasteiger partial charge in [-0.25, -0.2) is 12.8 Å². The Kier molecular flexibility index (Phi) is 5.61. The van der Waals surface area contributed by atoms with Crippen molar-refractivity contribution in [1.82, 2.24) is 4.31 Å². The van der Waals surface area contributed by atoms with Crippen molar-refractivity contribution in [3.63, 3.8) is 0 Å². The van der Waals surface area contributed by atoms with Crippen LogP contribution in [0, 0.1) is 15.9 Å². The lowest BCUT2D eigenvalue weighted by Gasteiger charge is -2.18. The average molecular weight is 388 g/mol. The van der Waals surface area contributed by atoms with E-state index < -0.39 is 20.8 Å². The molecule has 0 radical (unpaired) electrons. The first-order valence-electron chi connectivity index (χ1n) is 7.04. The number of anilines is 1. The third-order valence-electron chi connectivity index (χ3n) is 3.59. The molecular formula is C15H15ClFN3O4S. The second kappa shape index (κ2) is 7.34. The van der Waals surface area contributed by atoms with Gasteiger partial charge in [-0.15, -0.1) is 0 Å². The van der Waals surface area contributed by atoms with Crippen molar-refractivity contribution in [3.05, 3.63) is 62.9 Å². The van der Waals surface area contributed by atoms with Crippen molar-refractivity contribution in [2.45, 2.75) is 11.4 Å². The van der Waals surface area contributed by atoms with Gasteiger partial charge in [-0.3, -0.25) is 10.1 Å². The molecule has 2 rings (SSSR count). The summed E-state index contributed by atoms with van der Waals surface area (Å²) in [6.45, 7) is -0.310. The molecule has 0 aliphatic heterocycles. The summed E-state index contributed by atoms with van der Waals surface area (Å²) in [7, 11) is -1.34. The van der Waals surface area contributed by atoms with Crippen LogP contribution >= 0.6 is 11.6 Å². The smallest absolute Gasteiger partial charge is 0.293 e. The maximum atomic E-state index is 13.9. The number of nitrogens with zero attached hydrogens (tertiary/aromatic N) is 2. The van der Waals surface area contributed by atoms with Crippen molar-refractivity contribution in [3.8, 4) is 0 Å². The molecule has 0 heterocycles. The van der Waals surface area contributed by atoms with E-state index in [1.807, 2.05) is 0 Å². The zero-order valence-corrected chi connectivity index (χ0v) is 14.9. The number of hydrogen-bond acceptors (Lipinski definition) is 5. The number of nitrogens with one attached hydrogen (secondary N) is 1. The molecule has 1 N–H and O–H groups in total. The zero-order chi connectivity index (χ0) is 18.8. The highest BCUT2D eigenvalue weighted by Crippen LogP contribution is 2.29. The van der Waals surface area contributed by atoms with Crippen molar-refractivity contribution in [2.24, 2.45) is 0 Å². The zero-order valence-electron chi connectivity index (χ0n) is 13.4. The lowest BCUT2D eigenvalue weighted by atomic mass is 10.2. The van der Waals surface area contributed by atoms with Crippen LogP contribution in [0.5, 0.6) is 0 Å². The van der Waals surface area contributed by atoms with E-state index in [1.165, 1.54) is 44.4 Å². The molecule has 10 heteroatoms. The first-order chi connectivity index (χ1) is 11.7. The predicted molar refractivity (Wildman–Crippen MR) is 92.7 cm³/mol.